The lowest BCUT2D eigenvalue weighted by Gasteiger charge is -2.40. The first-order valence-electron chi connectivity index (χ1n) is 10.1. The van der Waals surface area contributed by atoms with E-state index in [0.717, 1.165) is 5.56 Å². The highest BCUT2D eigenvalue weighted by Crippen LogP contribution is 2.19. The van der Waals surface area contributed by atoms with E-state index in [4.69, 9.17) is 4.74 Å². The number of rotatable bonds is 7. The zero-order valence-electron chi connectivity index (χ0n) is 17.7. The SMILES string of the molecule is COC(=O)CNC(=O)C1CN(Cc2ccccc2)CCN1C(=O)c1cccc(OC)c1. The van der Waals surface area contributed by atoms with Crippen molar-refractivity contribution in [2.75, 3.05) is 40.4 Å². The van der Waals surface area contributed by atoms with Crippen molar-refractivity contribution in [1.29, 1.82) is 0 Å². The third kappa shape index (κ3) is 5.82. The lowest BCUT2D eigenvalue weighted by atomic mass is 10.1. The van der Waals surface area contributed by atoms with Gasteiger partial charge in [-0.1, -0.05) is 36.4 Å². The van der Waals surface area contributed by atoms with Crippen LogP contribution in [-0.2, 0) is 20.9 Å². The van der Waals surface area contributed by atoms with Crippen LogP contribution in [0, 0.1) is 0 Å². The highest BCUT2D eigenvalue weighted by molar-refractivity contribution is 5.98. The maximum absolute atomic E-state index is 13.2. The predicted octanol–water partition coefficient (Wildman–Crippen LogP) is 1.31. The fraction of sp³-hybridized carbons (Fsp3) is 0.348. The molecule has 2 aromatic carbocycles. The van der Waals surface area contributed by atoms with Gasteiger partial charge in [0.15, 0.2) is 0 Å². The third-order valence-electron chi connectivity index (χ3n) is 5.23. The quantitative estimate of drug-likeness (QED) is 0.673. The van der Waals surface area contributed by atoms with Crippen molar-refractivity contribution in [2.45, 2.75) is 12.6 Å². The summed E-state index contributed by atoms with van der Waals surface area (Å²) >= 11 is 0. The Morgan fingerprint density at radius 1 is 1.03 bits per heavy atom. The molecule has 3 rings (SSSR count). The Kier molecular flexibility index (Phi) is 7.61. The van der Waals surface area contributed by atoms with Crippen molar-refractivity contribution in [3.05, 3.63) is 65.7 Å². The summed E-state index contributed by atoms with van der Waals surface area (Å²) in [5.74, 6) is -0.618. The van der Waals surface area contributed by atoms with E-state index in [0.29, 0.717) is 37.5 Å². The maximum Gasteiger partial charge on any atom is 0.325 e. The topological polar surface area (TPSA) is 88.2 Å². The highest BCUT2D eigenvalue weighted by atomic mass is 16.5. The number of piperazine rings is 1. The number of hydrogen-bond donors (Lipinski definition) is 1. The van der Waals surface area contributed by atoms with Gasteiger partial charge < -0.3 is 19.7 Å². The molecule has 1 atom stereocenters. The number of nitrogens with zero attached hydrogens (tertiary/aromatic N) is 2. The van der Waals surface area contributed by atoms with Crippen LogP contribution in [0.4, 0.5) is 0 Å². The molecule has 0 aliphatic carbocycles. The van der Waals surface area contributed by atoms with E-state index in [1.165, 1.54) is 14.2 Å². The minimum atomic E-state index is -0.735. The summed E-state index contributed by atoms with van der Waals surface area (Å²) in [6.45, 7) is 1.80. The van der Waals surface area contributed by atoms with Gasteiger partial charge in [0.25, 0.3) is 5.91 Å². The van der Waals surface area contributed by atoms with Crippen LogP contribution in [0.1, 0.15) is 15.9 Å². The van der Waals surface area contributed by atoms with E-state index in [9.17, 15) is 14.4 Å². The molecule has 0 radical (unpaired) electrons. The summed E-state index contributed by atoms with van der Waals surface area (Å²) in [6.07, 6.45) is 0. The maximum atomic E-state index is 13.2. The summed E-state index contributed by atoms with van der Waals surface area (Å²) in [4.78, 5) is 41.3. The number of methoxy groups -OCH3 is 2. The number of ether oxygens (including phenoxy) is 2. The summed E-state index contributed by atoms with van der Waals surface area (Å²) in [6, 6.07) is 16.1. The lowest BCUT2D eigenvalue weighted by molar-refractivity contribution is -0.142. The molecule has 0 bridgehead atoms. The molecule has 1 aliphatic rings. The van der Waals surface area contributed by atoms with Gasteiger partial charge in [0.1, 0.15) is 18.3 Å². The molecule has 164 valence electrons. The Morgan fingerprint density at radius 2 is 1.81 bits per heavy atom. The summed E-state index contributed by atoms with van der Waals surface area (Å²) in [5, 5.41) is 2.59. The van der Waals surface area contributed by atoms with Crippen LogP contribution < -0.4 is 10.1 Å². The van der Waals surface area contributed by atoms with Crippen LogP contribution in [0.3, 0.4) is 0 Å². The summed E-state index contributed by atoms with van der Waals surface area (Å²) in [5.41, 5.74) is 1.57. The molecule has 2 amide bonds. The normalized spacial score (nSPS) is 16.5. The van der Waals surface area contributed by atoms with Crippen molar-refractivity contribution < 1.29 is 23.9 Å². The zero-order valence-corrected chi connectivity index (χ0v) is 17.7. The minimum Gasteiger partial charge on any atom is -0.497 e. The number of esters is 1. The van der Waals surface area contributed by atoms with Gasteiger partial charge in [-0.3, -0.25) is 19.3 Å². The molecule has 1 heterocycles. The zero-order chi connectivity index (χ0) is 22.2. The fourth-order valence-corrected chi connectivity index (χ4v) is 3.56. The summed E-state index contributed by atoms with van der Waals surface area (Å²) in [7, 11) is 2.80. The van der Waals surface area contributed by atoms with Crippen molar-refractivity contribution in [2.24, 2.45) is 0 Å². The minimum absolute atomic E-state index is 0.244. The van der Waals surface area contributed by atoms with Crippen molar-refractivity contribution in [3.63, 3.8) is 0 Å². The van der Waals surface area contributed by atoms with Gasteiger partial charge in [0.05, 0.1) is 14.2 Å². The van der Waals surface area contributed by atoms with Gasteiger partial charge in [-0.05, 0) is 23.8 Å². The van der Waals surface area contributed by atoms with Crippen LogP contribution in [0.5, 0.6) is 5.75 Å². The van der Waals surface area contributed by atoms with Crippen LogP contribution >= 0.6 is 0 Å². The van der Waals surface area contributed by atoms with Crippen molar-refractivity contribution in [3.8, 4) is 5.75 Å². The van der Waals surface area contributed by atoms with Gasteiger partial charge in [-0.2, -0.15) is 0 Å². The van der Waals surface area contributed by atoms with E-state index in [2.05, 4.69) is 15.0 Å². The molecule has 0 spiro atoms. The number of benzene rings is 2. The molecular formula is C23H27N3O5. The number of amides is 2. The molecule has 8 heteroatoms. The van der Waals surface area contributed by atoms with Crippen LogP contribution in [0.25, 0.3) is 0 Å². The third-order valence-corrected chi connectivity index (χ3v) is 5.23. The lowest BCUT2D eigenvalue weighted by Crippen LogP contribution is -2.60. The number of carbonyl (C=O) groups is 3. The molecule has 1 unspecified atom stereocenters. The largest absolute Gasteiger partial charge is 0.497 e. The average molecular weight is 425 g/mol. The van der Waals surface area contributed by atoms with E-state index in [1.807, 2.05) is 30.3 Å². The van der Waals surface area contributed by atoms with Crippen LogP contribution in [-0.4, -0.2) is 74.0 Å². The second kappa shape index (κ2) is 10.6. The van der Waals surface area contributed by atoms with Gasteiger partial charge in [0.2, 0.25) is 5.91 Å². The molecule has 1 saturated heterocycles. The molecule has 31 heavy (non-hydrogen) atoms. The Balaban J connectivity index is 1.78. The molecule has 0 aromatic heterocycles. The Labute approximate surface area is 181 Å². The standard InChI is InChI=1S/C23H27N3O5/c1-30-19-10-6-9-18(13-19)23(29)26-12-11-25(15-17-7-4-3-5-8-17)16-20(26)22(28)24-14-21(27)31-2/h3-10,13,20H,11-12,14-16H2,1-2H3,(H,24,28). The van der Waals surface area contributed by atoms with Gasteiger partial charge in [-0.15, -0.1) is 0 Å². The molecule has 8 nitrogen and oxygen atoms in total. The van der Waals surface area contributed by atoms with Crippen LogP contribution in [0.15, 0.2) is 54.6 Å². The average Bonchev–Trinajstić information content (AvgIpc) is 2.82. The van der Waals surface area contributed by atoms with Gasteiger partial charge in [-0.25, -0.2) is 0 Å². The second-order valence-corrected chi connectivity index (χ2v) is 7.26. The number of hydrogen-bond acceptors (Lipinski definition) is 6. The first kappa shape index (κ1) is 22.3. The second-order valence-electron chi connectivity index (χ2n) is 7.26. The molecule has 1 aliphatic heterocycles. The van der Waals surface area contributed by atoms with E-state index in [1.54, 1.807) is 29.2 Å². The Bertz CT molecular complexity index is 918. The smallest absolute Gasteiger partial charge is 0.325 e. The number of carbonyl (C=O) groups excluding carboxylic acids is 3. The van der Waals surface area contributed by atoms with Crippen LogP contribution in [0.2, 0.25) is 0 Å². The first-order chi connectivity index (χ1) is 15.0. The van der Waals surface area contributed by atoms with Gasteiger partial charge in [0, 0.05) is 31.7 Å². The molecular weight excluding hydrogens is 398 g/mol. The van der Waals surface area contributed by atoms with Crippen molar-refractivity contribution >= 4 is 17.8 Å². The Morgan fingerprint density at radius 3 is 2.52 bits per heavy atom. The first-order valence-corrected chi connectivity index (χ1v) is 10.1. The predicted molar refractivity (Wildman–Crippen MR) is 115 cm³/mol. The monoisotopic (exact) mass is 425 g/mol. The van der Waals surface area contributed by atoms with E-state index in [-0.39, 0.29) is 18.4 Å². The van der Waals surface area contributed by atoms with E-state index >= 15 is 0 Å². The van der Waals surface area contributed by atoms with E-state index < -0.39 is 12.0 Å². The Hall–Kier alpha value is -3.39. The fourth-order valence-electron chi connectivity index (χ4n) is 3.56. The van der Waals surface area contributed by atoms with Gasteiger partial charge >= 0.3 is 5.97 Å². The molecule has 1 N–H and O–H groups in total. The molecule has 1 fully saturated rings. The van der Waals surface area contributed by atoms with Crippen molar-refractivity contribution in [1.82, 2.24) is 15.1 Å². The summed E-state index contributed by atoms with van der Waals surface area (Å²) < 4.78 is 9.82. The molecule has 2 aromatic rings. The number of nitrogens with one attached hydrogen (secondary N) is 1. The highest BCUT2D eigenvalue weighted by Gasteiger charge is 2.36. The molecule has 0 saturated carbocycles.